The molecule has 0 saturated carbocycles. The molecule has 0 radical (unpaired) electrons. The Morgan fingerprint density at radius 2 is 1.82 bits per heavy atom. The van der Waals surface area contributed by atoms with Crippen LogP contribution in [0.4, 0.5) is 19.0 Å². The van der Waals surface area contributed by atoms with Crippen molar-refractivity contribution in [3.05, 3.63) is 53.7 Å². The summed E-state index contributed by atoms with van der Waals surface area (Å²) in [6.07, 6.45) is 1.07. The first-order valence-electron chi connectivity index (χ1n) is 4.80. The van der Waals surface area contributed by atoms with Gasteiger partial charge in [-0.25, -0.2) is 18.7 Å². The lowest BCUT2D eigenvalue weighted by Crippen LogP contribution is -2.03. The number of benzene rings is 1. The lowest BCUT2D eigenvalue weighted by molar-refractivity contribution is 0.507. The van der Waals surface area contributed by atoms with E-state index in [-0.39, 0.29) is 12.4 Å². The van der Waals surface area contributed by atoms with Gasteiger partial charge in [-0.2, -0.15) is 4.39 Å². The number of hydrogen-bond acceptors (Lipinski definition) is 3. The van der Waals surface area contributed by atoms with Crippen LogP contribution in [0.1, 0.15) is 5.56 Å². The SMILES string of the molecule is Fc1cc(NCc2ccc(F)c(F)c2)ncn1. The van der Waals surface area contributed by atoms with E-state index in [4.69, 9.17) is 0 Å². The number of halogens is 3. The van der Waals surface area contributed by atoms with Crippen molar-refractivity contribution in [2.75, 3.05) is 5.32 Å². The third-order valence-corrected chi connectivity index (χ3v) is 2.09. The van der Waals surface area contributed by atoms with E-state index in [9.17, 15) is 13.2 Å². The summed E-state index contributed by atoms with van der Waals surface area (Å²) in [6, 6.07) is 4.65. The largest absolute Gasteiger partial charge is 0.366 e. The normalized spacial score (nSPS) is 10.3. The van der Waals surface area contributed by atoms with E-state index in [0.717, 1.165) is 24.5 Å². The van der Waals surface area contributed by atoms with E-state index >= 15 is 0 Å². The first-order valence-corrected chi connectivity index (χ1v) is 4.80. The summed E-state index contributed by atoms with van der Waals surface area (Å²) >= 11 is 0. The standard InChI is InChI=1S/C11H8F3N3/c12-8-2-1-7(3-9(8)13)5-15-11-4-10(14)16-6-17-11/h1-4,6H,5H2,(H,15,16,17). The Bertz CT molecular complexity index is 531. The Morgan fingerprint density at radius 3 is 2.53 bits per heavy atom. The van der Waals surface area contributed by atoms with E-state index < -0.39 is 17.6 Å². The van der Waals surface area contributed by atoms with Crippen molar-refractivity contribution >= 4 is 5.82 Å². The number of anilines is 1. The van der Waals surface area contributed by atoms with Crippen LogP contribution in [0.2, 0.25) is 0 Å². The molecule has 17 heavy (non-hydrogen) atoms. The summed E-state index contributed by atoms with van der Waals surface area (Å²) in [6.45, 7) is 0.216. The van der Waals surface area contributed by atoms with Crippen LogP contribution in [0.25, 0.3) is 0 Å². The maximum Gasteiger partial charge on any atom is 0.217 e. The highest BCUT2D eigenvalue weighted by Crippen LogP contribution is 2.10. The molecule has 1 aromatic heterocycles. The lowest BCUT2D eigenvalue weighted by atomic mass is 10.2. The van der Waals surface area contributed by atoms with Crippen molar-refractivity contribution in [1.29, 1.82) is 0 Å². The van der Waals surface area contributed by atoms with Crippen LogP contribution in [0.3, 0.4) is 0 Å². The molecule has 3 nitrogen and oxygen atoms in total. The number of aromatic nitrogens is 2. The molecule has 0 aliphatic rings. The summed E-state index contributed by atoms with van der Waals surface area (Å²) in [5.41, 5.74) is 0.530. The van der Waals surface area contributed by atoms with Crippen LogP contribution in [0, 0.1) is 17.6 Å². The zero-order valence-corrected chi connectivity index (χ0v) is 8.62. The number of hydrogen-bond donors (Lipinski definition) is 1. The topological polar surface area (TPSA) is 37.8 Å². The second-order valence-electron chi connectivity index (χ2n) is 3.33. The molecule has 0 fully saturated rings. The number of nitrogens with one attached hydrogen (secondary N) is 1. The second-order valence-corrected chi connectivity index (χ2v) is 3.33. The first-order chi connectivity index (χ1) is 8.15. The van der Waals surface area contributed by atoms with Gasteiger partial charge in [0.2, 0.25) is 5.95 Å². The molecule has 0 atom stereocenters. The van der Waals surface area contributed by atoms with Crippen molar-refractivity contribution in [3.63, 3.8) is 0 Å². The van der Waals surface area contributed by atoms with Crippen LogP contribution in [-0.4, -0.2) is 9.97 Å². The molecule has 0 amide bonds. The van der Waals surface area contributed by atoms with Gasteiger partial charge in [0.15, 0.2) is 11.6 Å². The van der Waals surface area contributed by atoms with E-state index in [1.54, 1.807) is 0 Å². The highest BCUT2D eigenvalue weighted by Gasteiger charge is 2.03. The first kappa shape index (κ1) is 11.4. The van der Waals surface area contributed by atoms with E-state index in [1.807, 2.05) is 0 Å². The molecule has 6 heteroatoms. The van der Waals surface area contributed by atoms with E-state index in [1.165, 1.54) is 6.07 Å². The van der Waals surface area contributed by atoms with Crippen molar-refractivity contribution in [2.45, 2.75) is 6.54 Å². The van der Waals surface area contributed by atoms with Crippen LogP contribution in [0.15, 0.2) is 30.6 Å². The van der Waals surface area contributed by atoms with Gasteiger partial charge in [-0.15, -0.1) is 0 Å². The summed E-state index contributed by atoms with van der Waals surface area (Å²) in [5.74, 6) is -2.20. The number of nitrogens with zero attached hydrogens (tertiary/aromatic N) is 2. The van der Waals surface area contributed by atoms with Gasteiger partial charge < -0.3 is 5.32 Å². The fraction of sp³-hybridized carbons (Fsp3) is 0.0909. The van der Waals surface area contributed by atoms with Gasteiger partial charge in [0.25, 0.3) is 0 Å². The van der Waals surface area contributed by atoms with Gasteiger partial charge in [0, 0.05) is 12.6 Å². The van der Waals surface area contributed by atoms with Gasteiger partial charge in [0.1, 0.15) is 12.1 Å². The molecule has 0 aliphatic heterocycles. The predicted octanol–water partition coefficient (Wildman–Crippen LogP) is 2.51. The molecule has 0 aliphatic carbocycles. The molecule has 0 spiro atoms. The molecule has 2 aromatic rings. The zero-order valence-electron chi connectivity index (χ0n) is 8.62. The highest BCUT2D eigenvalue weighted by molar-refractivity contribution is 5.34. The second kappa shape index (κ2) is 4.82. The van der Waals surface area contributed by atoms with Crippen molar-refractivity contribution in [2.24, 2.45) is 0 Å². The lowest BCUT2D eigenvalue weighted by Gasteiger charge is -2.05. The summed E-state index contributed by atoms with van der Waals surface area (Å²) in [4.78, 5) is 7.06. The fourth-order valence-corrected chi connectivity index (χ4v) is 1.27. The van der Waals surface area contributed by atoms with Gasteiger partial charge in [-0.3, -0.25) is 0 Å². The Morgan fingerprint density at radius 1 is 1.00 bits per heavy atom. The average molecular weight is 239 g/mol. The molecular formula is C11H8F3N3. The molecule has 1 heterocycles. The maximum absolute atomic E-state index is 12.9. The predicted molar refractivity (Wildman–Crippen MR) is 55.7 cm³/mol. The van der Waals surface area contributed by atoms with E-state index in [2.05, 4.69) is 15.3 Å². The van der Waals surface area contributed by atoms with Crippen LogP contribution in [-0.2, 0) is 6.54 Å². The van der Waals surface area contributed by atoms with Gasteiger partial charge >= 0.3 is 0 Å². The van der Waals surface area contributed by atoms with Crippen molar-refractivity contribution < 1.29 is 13.2 Å². The fourth-order valence-electron chi connectivity index (χ4n) is 1.27. The van der Waals surface area contributed by atoms with Crippen LogP contribution in [0.5, 0.6) is 0 Å². The maximum atomic E-state index is 12.9. The minimum absolute atomic E-state index is 0.216. The smallest absolute Gasteiger partial charge is 0.217 e. The molecule has 2 rings (SSSR count). The number of rotatable bonds is 3. The summed E-state index contributed by atoms with van der Waals surface area (Å²) in [5, 5.41) is 2.77. The quantitative estimate of drug-likeness (QED) is 0.836. The molecule has 0 saturated heterocycles. The minimum atomic E-state index is -0.918. The van der Waals surface area contributed by atoms with Gasteiger partial charge in [-0.1, -0.05) is 6.07 Å². The van der Waals surface area contributed by atoms with Crippen molar-refractivity contribution in [3.8, 4) is 0 Å². The molecule has 1 N–H and O–H groups in total. The molecule has 0 bridgehead atoms. The van der Waals surface area contributed by atoms with Crippen LogP contribution >= 0.6 is 0 Å². The van der Waals surface area contributed by atoms with E-state index in [0.29, 0.717) is 5.56 Å². The highest BCUT2D eigenvalue weighted by atomic mass is 19.2. The Kier molecular flexibility index (Phi) is 3.22. The molecule has 88 valence electrons. The molecule has 0 unspecified atom stereocenters. The average Bonchev–Trinajstić information content (AvgIpc) is 2.31. The van der Waals surface area contributed by atoms with Gasteiger partial charge in [-0.05, 0) is 17.7 Å². The minimum Gasteiger partial charge on any atom is -0.366 e. The molecule has 1 aromatic carbocycles. The Hall–Kier alpha value is -2.11. The monoisotopic (exact) mass is 239 g/mol. The van der Waals surface area contributed by atoms with Crippen molar-refractivity contribution in [1.82, 2.24) is 9.97 Å². The third kappa shape index (κ3) is 2.93. The summed E-state index contributed by atoms with van der Waals surface area (Å²) in [7, 11) is 0. The zero-order chi connectivity index (χ0) is 12.3. The molecular weight excluding hydrogens is 231 g/mol. The summed E-state index contributed by atoms with van der Waals surface area (Å²) < 4.78 is 38.2. The Balaban J connectivity index is 2.05. The Labute approximate surface area is 95.3 Å². The van der Waals surface area contributed by atoms with Gasteiger partial charge in [0.05, 0.1) is 0 Å². The van der Waals surface area contributed by atoms with Crippen LogP contribution < -0.4 is 5.32 Å². The third-order valence-electron chi connectivity index (χ3n) is 2.09.